The maximum Gasteiger partial charge on any atom is 0.339 e. The predicted molar refractivity (Wildman–Crippen MR) is 82.9 cm³/mol. The Morgan fingerprint density at radius 2 is 1.83 bits per heavy atom. The first kappa shape index (κ1) is 18.0. The second-order valence-electron chi connectivity index (χ2n) is 6.16. The molecule has 0 saturated heterocycles. The fraction of sp³-hybridized carbons (Fsp3) is 0.529. The van der Waals surface area contributed by atoms with Crippen LogP contribution in [-0.4, -0.2) is 37.4 Å². The number of esters is 1. The fourth-order valence-electron chi connectivity index (χ4n) is 2.94. The van der Waals surface area contributed by atoms with Gasteiger partial charge in [-0.15, -0.1) is 0 Å². The number of methoxy groups -OCH3 is 2. The van der Waals surface area contributed by atoms with Crippen LogP contribution >= 0.6 is 0 Å². The average Bonchev–Trinajstić information content (AvgIpc) is 2.57. The van der Waals surface area contributed by atoms with Crippen LogP contribution in [0, 0.1) is 11.2 Å². The highest BCUT2D eigenvalue weighted by Crippen LogP contribution is 2.39. The van der Waals surface area contributed by atoms with Gasteiger partial charge in [0.05, 0.1) is 25.7 Å². The van der Waals surface area contributed by atoms with E-state index in [0.29, 0.717) is 25.7 Å². The zero-order chi connectivity index (χ0) is 17.9. The van der Waals surface area contributed by atoms with Crippen LogP contribution in [0.1, 0.15) is 43.0 Å². The number of hydrogen-bond acceptors (Lipinski definition) is 5. The van der Waals surface area contributed by atoms with Crippen molar-refractivity contribution in [3.8, 4) is 11.5 Å². The van der Waals surface area contributed by atoms with Crippen LogP contribution in [0.3, 0.4) is 0 Å². The molecule has 2 rings (SSSR count). The van der Waals surface area contributed by atoms with Crippen molar-refractivity contribution in [3.05, 3.63) is 23.5 Å². The van der Waals surface area contributed by atoms with E-state index >= 15 is 0 Å². The highest BCUT2D eigenvalue weighted by atomic mass is 19.1. The molecule has 1 aliphatic carbocycles. The monoisotopic (exact) mass is 340 g/mol. The molecule has 0 aliphatic heterocycles. The summed E-state index contributed by atoms with van der Waals surface area (Å²) in [5.74, 6) is -2.35. The van der Waals surface area contributed by atoms with Gasteiger partial charge < -0.3 is 19.3 Å². The zero-order valence-corrected chi connectivity index (χ0v) is 13.9. The van der Waals surface area contributed by atoms with Gasteiger partial charge in [-0.25, -0.2) is 9.18 Å². The van der Waals surface area contributed by atoms with Gasteiger partial charge in [0.15, 0.2) is 11.6 Å². The van der Waals surface area contributed by atoms with Crippen molar-refractivity contribution in [1.29, 1.82) is 0 Å². The molecular formula is C17H21FO6. The number of aromatic carboxylic acids is 1. The van der Waals surface area contributed by atoms with Gasteiger partial charge in [-0.05, 0) is 32.6 Å². The molecular weight excluding hydrogens is 319 g/mol. The van der Waals surface area contributed by atoms with E-state index in [9.17, 15) is 14.0 Å². The second kappa shape index (κ2) is 7.07. The van der Waals surface area contributed by atoms with Gasteiger partial charge in [0.25, 0.3) is 0 Å². The first-order valence-corrected chi connectivity index (χ1v) is 7.66. The summed E-state index contributed by atoms with van der Waals surface area (Å²) in [5.41, 5.74) is -0.719. The molecule has 1 aliphatic rings. The number of benzene rings is 1. The van der Waals surface area contributed by atoms with Crippen LogP contribution in [0.4, 0.5) is 4.39 Å². The van der Waals surface area contributed by atoms with E-state index in [1.165, 1.54) is 14.2 Å². The molecule has 132 valence electrons. The number of carboxylic acid groups (broad SMARTS) is 1. The molecule has 0 aromatic heterocycles. The van der Waals surface area contributed by atoms with Crippen molar-refractivity contribution < 1.29 is 33.3 Å². The average molecular weight is 340 g/mol. The van der Waals surface area contributed by atoms with E-state index in [0.717, 1.165) is 12.1 Å². The van der Waals surface area contributed by atoms with Crippen molar-refractivity contribution in [2.75, 3.05) is 14.2 Å². The smallest absolute Gasteiger partial charge is 0.339 e. The van der Waals surface area contributed by atoms with Crippen LogP contribution in [-0.2, 0) is 9.53 Å². The maximum atomic E-state index is 14.1. The van der Waals surface area contributed by atoms with Gasteiger partial charge in [-0.1, -0.05) is 0 Å². The molecule has 1 saturated carbocycles. The Morgan fingerprint density at radius 3 is 2.33 bits per heavy atom. The minimum absolute atomic E-state index is 0.0609. The lowest BCUT2D eigenvalue weighted by Crippen LogP contribution is -2.37. The van der Waals surface area contributed by atoms with Crippen LogP contribution < -0.4 is 9.47 Å². The lowest BCUT2D eigenvalue weighted by atomic mass is 9.75. The number of carboxylic acids is 1. The summed E-state index contributed by atoms with van der Waals surface area (Å²) in [6.07, 6.45) is 1.95. The molecule has 0 atom stereocenters. The van der Waals surface area contributed by atoms with Crippen LogP contribution in [0.2, 0.25) is 0 Å². The van der Waals surface area contributed by atoms with E-state index in [1.54, 1.807) is 0 Å². The lowest BCUT2D eigenvalue weighted by molar-refractivity contribution is -0.154. The van der Waals surface area contributed by atoms with E-state index in [2.05, 4.69) is 0 Å². The number of carbonyl (C=O) groups is 2. The van der Waals surface area contributed by atoms with Crippen molar-refractivity contribution in [2.45, 2.75) is 38.7 Å². The van der Waals surface area contributed by atoms with Gasteiger partial charge in [0, 0.05) is 12.1 Å². The molecule has 0 bridgehead atoms. The maximum absolute atomic E-state index is 14.1. The second-order valence-corrected chi connectivity index (χ2v) is 6.16. The molecule has 1 fully saturated rings. The third-order valence-corrected chi connectivity index (χ3v) is 4.49. The summed E-state index contributed by atoms with van der Waals surface area (Å²) < 4.78 is 29.4. The SMILES string of the molecule is COc1cc(F)c(O[C@H]2CC[C@@](C)(C(=O)OC)CC2)cc1C(=O)O. The van der Waals surface area contributed by atoms with E-state index < -0.39 is 17.2 Å². The number of rotatable bonds is 5. The van der Waals surface area contributed by atoms with Crippen LogP contribution in [0.5, 0.6) is 11.5 Å². The lowest BCUT2D eigenvalue weighted by Gasteiger charge is -2.35. The fourth-order valence-corrected chi connectivity index (χ4v) is 2.94. The number of carbonyl (C=O) groups excluding carboxylic acids is 1. The Kier molecular flexibility index (Phi) is 5.31. The molecule has 6 nitrogen and oxygen atoms in total. The molecule has 7 heteroatoms. The van der Waals surface area contributed by atoms with Crippen molar-refractivity contribution >= 4 is 11.9 Å². The number of hydrogen-bond donors (Lipinski definition) is 1. The van der Waals surface area contributed by atoms with Gasteiger partial charge in [-0.2, -0.15) is 0 Å². The van der Waals surface area contributed by atoms with Crippen molar-refractivity contribution in [2.24, 2.45) is 5.41 Å². The van der Waals surface area contributed by atoms with Gasteiger partial charge >= 0.3 is 11.9 Å². The molecule has 0 amide bonds. The first-order valence-electron chi connectivity index (χ1n) is 7.66. The molecule has 0 heterocycles. The number of halogens is 1. The predicted octanol–water partition coefficient (Wildman–Crippen LogP) is 3.03. The summed E-state index contributed by atoms with van der Waals surface area (Å²) in [5, 5.41) is 9.17. The third kappa shape index (κ3) is 3.60. The minimum atomic E-state index is -1.22. The first-order chi connectivity index (χ1) is 11.3. The minimum Gasteiger partial charge on any atom is -0.496 e. The number of ether oxygens (including phenoxy) is 3. The molecule has 1 aromatic carbocycles. The van der Waals surface area contributed by atoms with E-state index in [-0.39, 0.29) is 29.1 Å². The Morgan fingerprint density at radius 1 is 1.21 bits per heavy atom. The zero-order valence-electron chi connectivity index (χ0n) is 13.9. The van der Waals surface area contributed by atoms with E-state index in [4.69, 9.17) is 19.3 Å². The summed E-state index contributed by atoms with van der Waals surface area (Å²) in [6.45, 7) is 1.84. The van der Waals surface area contributed by atoms with Crippen molar-refractivity contribution in [3.63, 3.8) is 0 Å². The summed E-state index contributed by atoms with van der Waals surface area (Å²) in [6, 6.07) is 2.13. The summed E-state index contributed by atoms with van der Waals surface area (Å²) >= 11 is 0. The quantitative estimate of drug-likeness (QED) is 0.830. The Bertz CT molecular complexity index is 634. The molecule has 0 unspecified atom stereocenters. The molecule has 0 spiro atoms. The third-order valence-electron chi connectivity index (χ3n) is 4.49. The molecule has 1 N–H and O–H groups in total. The van der Waals surface area contributed by atoms with Crippen molar-refractivity contribution in [1.82, 2.24) is 0 Å². The van der Waals surface area contributed by atoms with Crippen LogP contribution in [0.25, 0.3) is 0 Å². The Balaban J connectivity index is 2.11. The van der Waals surface area contributed by atoms with Crippen LogP contribution in [0.15, 0.2) is 12.1 Å². The Labute approximate surface area is 139 Å². The van der Waals surface area contributed by atoms with Gasteiger partial charge in [0.1, 0.15) is 11.3 Å². The highest BCUT2D eigenvalue weighted by Gasteiger charge is 2.39. The van der Waals surface area contributed by atoms with E-state index in [1.807, 2.05) is 6.92 Å². The normalized spacial score (nSPS) is 23.4. The highest BCUT2D eigenvalue weighted by molar-refractivity contribution is 5.91. The molecule has 0 radical (unpaired) electrons. The summed E-state index contributed by atoms with van der Waals surface area (Å²) in [7, 11) is 2.63. The standard InChI is InChI=1S/C17H21FO6/c1-17(16(21)23-3)6-4-10(5-7-17)24-14-8-11(15(19)20)13(22-2)9-12(14)18/h8-10H,4-7H2,1-3H3,(H,19,20)/t10-,17+. The van der Waals surface area contributed by atoms with Gasteiger partial charge in [-0.3, -0.25) is 4.79 Å². The summed E-state index contributed by atoms with van der Waals surface area (Å²) in [4.78, 5) is 23.0. The van der Waals surface area contributed by atoms with Gasteiger partial charge in [0.2, 0.25) is 0 Å². The topological polar surface area (TPSA) is 82.1 Å². The molecule has 24 heavy (non-hydrogen) atoms. The Hall–Kier alpha value is -2.31. The largest absolute Gasteiger partial charge is 0.496 e. The molecule has 1 aromatic rings.